The highest BCUT2D eigenvalue weighted by Crippen LogP contribution is 2.23. The zero-order chi connectivity index (χ0) is 48.7. The van der Waals surface area contributed by atoms with E-state index in [0.29, 0.717) is 12.8 Å². The molecule has 6 N–H and O–H groups in total. The zero-order valence-corrected chi connectivity index (χ0v) is 43.4. The molecule has 7 unspecified atom stereocenters. The second-order valence-corrected chi connectivity index (χ2v) is 19.7. The van der Waals surface area contributed by atoms with E-state index in [9.17, 15) is 30.3 Å². The highest BCUT2D eigenvalue weighted by Gasteiger charge is 2.44. The minimum Gasteiger partial charge on any atom is -0.394 e. The van der Waals surface area contributed by atoms with Gasteiger partial charge in [-0.05, 0) is 51.4 Å². The van der Waals surface area contributed by atoms with Gasteiger partial charge in [0.15, 0.2) is 6.29 Å². The maximum atomic E-state index is 13.1. The molecule has 9 nitrogen and oxygen atoms in total. The molecular weight excluding hydrogens is 839 g/mol. The fraction of sp³-hybridized carbons (Fsp3) is 0.845. The molecule has 0 aromatic carbocycles. The van der Waals surface area contributed by atoms with Gasteiger partial charge in [0, 0.05) is 6.42 Å². The van der Waals surface area contributed by atoms with Crippen molar-refractivity contribution in [1.82, 2.24) is 5.32 Å². The lowest BCUT2D eigenvalue weighted by Gasteiger charge is -2.40. The van der Waals surface area contributed by atoms with Crippen LogP contribution in [0.3, 0.4) is 0 Å². The molecular formula is C58H107NO8. The molecule has 0 aliphatic carbocycles. The second kappa shape index (κ2) is 47.8. The molecule has 67 heavy (non-hydrogen) atoms. The molecule has 9 heteroatoms. The monoisotopic (exact) mass is 946 g/mol. The quantitative estimate of drug-likeness (QED) is 0.0261. The summed E-state index contributed by atoms with van der Waals surface area (Å²) < 4.78 is 11.3. The number of carbonyl (C=O) groups is 1. The van der Waals surface area contributed by atoms with Crippen molar-refractivity contribution in [3.8, 4) is 0 Å². The standard InChI is InChI=1S/C58H107NO8/c1-3-5-7-9-11-13-15-17-19-21-22-23-24-25-26-27-28-29-30-32-34-36-38-40-42-44-46-48-54(62)59-51(50-66-58-57(65)56(64)55(63)53(49-60)67-58)52(61)47-45-43-41-39-37-35-33-31-20-18-16-14-12-10-8-6-4-2/h5,7,11,13,17,19,22-23,51-53,55-58,60-61,63-65H,3-4,6,8-10,12,14-16,18,20-21,24-50H2,1-2H3,(H,59,62)/b7-5-,13-11-,19-17-,23-22-. The van der Waals surface area contributed by atoms with Gasteiger partial charge in [-0.2, -0.15) is 0 Å². The molecule has 0 bridgehead atoms. The molecule has 1 heterocycles. The minimum absolute atomic E-state index is 0.137. The van der Waals surface area contributed by atoms with E-state index in [1.54, 1.807) is 0 Å². The number of hydrogen-bond donors (Lipinski definition) is 6. The topological polar surface area (TPSA) is 149 Å². The summed E-state index contributed by atoms with van der Waals surface area (Å²) in [4.78, 5) is 13.1. The van der Waals surface area contributed by atoms with Crippen molar-refractivity contribution < 1.29 is 39.8 Å². The normalized spacial score (nSPS) is 20.0. The number of amides is 1. The van der Waals surface area contributed by atoms with E-state index in [0.717, 1.165) is 64.2 Å². The molecule has 392 valence electrons. The Labute approximate surface area is 412 Å². The van der Waals surface area contributed by atoms with Crippen molar-refractivity contribution in [3.05, 3.63) is 48.6 Å². The highest BCUT2D eigenvalue weighted by molar-refractivity contribution is 5.76. The van der Waals surface area contributed by atoms with Crippen molar-refractivity contribution in [2.45, 2.75) is 301 Å². The van der Waals surface area contributed by atoms with Crippen LogP contribution in [0.5, 0.6) is 0 Å². The first kappa shape index (κ1) is 63.2. The minimum atomic E-state index is -1.55. The molecule has 0 spiro atoms. The molecule has 1 fully saturated rings. The number of rotatable bonds is 48. The van der Waals surface area contributed by atoms with Crippen LogP contribution in [-0.2, 0) is 14.3 Å². The molecule has 7 atom stereocenters. The van der Waals surface area contributed by atoms with Gasteiger partial charge in [0.05, 0.1) is 25.4 Å². The predicted molar refractivity (Wildman–Crippen MR) is 281 cm³/mol. The third-order valence-electron chi connectivity index (χ3n) is 13.4. The Hall–Kier alpha value is -1.85. The summed E-state index contributed by atoms with van der Waals surface area (Å²) in [7, 11) is 0. The number of hydrogen-bond acceptors (Lipinski definition) is 8. The first-order chi connectivity index (χ1) is 32.8. The summed E-state index contributed by atoms with van der Waals surface area (Å²) in [6, 6.07) is -0.720. The first-order valence-corrected chi connectivity index (χ1v) is 28.3. The van der Waals surface area contributed by atoms with Crippen LogP contribution in [0.4, 0.5) is 0 Å². The molecule has 0 aromatic heterocycles. The maximum Gasteiger partial charge on any atom is 0.220 e. The van der Waals surface area contributed by atoms with E-state index in [1.807, 2.05) is 0 Å². The van der Waals surface area contributed by atoms with E-state index in [2.05, 4.69) is 67.8 Å². The Morgan fingerprint density at radius 3 is 1.37 bits per heavy atom. The van der Waals surface area contributed by atoms with Crippen LogP contribution in [0.2, 0.25) is 0 Å². The van der Waals surface area contributed by atoms with Gasteiger partial charge in [-0.15, -0.1) is 0 Å². The zero-order valence-electron chi connectivity index (χ0n) is 43.4. The Kier molecular flexibility index (Phi) is 45.1. The van der Waals surface area contributed by atoms with Gasteiger partial charge >= 0.3 is 0 Å². The summed E-state index contributed by atoms with van der Waals surface area (Å²) in [6.07, 6.45) is 55.6. The van der Waals surface area contributed by atoms with Crippen LogP contribution in [-0.4, -0.2) is 87.5 Å². The Morgan fingerprint density at radius 2 is 0.925 bits per heavy atom. The average Bonchev–Trinajstić information content (AvgIpc) is 3.33. The van der Waals surface area contributed by atoms with Crippen LogP contribution in [0.15, 0.2) is 48.6 Å². The number of ether oxygens (including phenoxy) is 2. The van der Waals surface area contributed by atoms with Crippen LogP contribution >= 0.6 is 0 Å². The number of allylic oxidation sites excluding steroid dienone is 8. The number of aliphatic hydroxyl groups is 5. The fourth-order valence-electron chi connectivity index (χ4n) is 8.98. The number of carbonyl (C=O) groups excluding carboxylic acids is 1. The molecule has 1 rings (SSSR count). The van der Waals surface area contributed by atoms with Gasteiger partial charge in [-0.3, -0.25) is 4.79 Å². The Balaban J connectivity index is 2.19. The van der Waals surface area contributed by atoms with Gasteiger partial charge in [0.1, 0.15) is 24.4 Å². The van der Waals surface area contributed by atoms with Gasteiger partial charge in [-0.1, -0.05) is 249 Å². The summed E-state index contributed by atoms with van der Waals surface area (Å²) in [5.74, 6) is -0.144. The summed E-state index contributed by atoms with van der Waals surface area (Å²) >= 11 is 0. The van der Waals surface area contributed by atoms with Crippen molar-refractivity contribution >= 4 is 5.91 Å². The van der Waals surface area contributed by atoms with Gasteiger partial charge in [0.25, 0.3) is 0 Å². The molecule has 0 aromatic rings. The van der Waals surface area contributed by atoms with Gasteiger partial charge in [-0.25, -0.2) is 0 Å². The first-order valence-electron chi connectivity index (χ1n) is 28.3. The fourth-order valence-corrected chi connectivity index (χ4v) is 8.98. The third-order valence-corrected chi connectivity index (χ3v) is 13.4. The largest absolute Gasteiger partial charge is 0.394 e. The summed E-state index contributed by atoms with van der Waals surface area (Å²) in [5.41, 5.74) is 0. The van der Waals surface area contributed by atoms with Crippen molar-refractivity contribution in [2.75, 3.05) is 13.2 Å². The number of unbranched alkanes of at least 4 members (excludes halogenated alkanes) is 30. The van der Waals surface area contributed by atoms with Crippen molar-refractivity contribution in [2.24, 2.45) is 0 Å². The van der Waals surface area contributed by atoms with E-state index in [4.69, 9.17) is 9.47 Å². The molecule has 1 aliphatic heterocycles. The smallest absolute Gasteiger partial charge is 0.220 e. The number of nitrogens with one attached hydrogen (secondary N) is 1. The lowest BCUT2D eigenvalue weighted by Crippen LogP contribution is -2.60. The van der Waals surface area contributed by atoms with E-state index in [1.165, 1.54) is 167 Å². The maximum absolute atomic E-state index is 13.1. The molecule has 1 amide bonds. The van der Waals surface area contributed by atoms with E-state index in [-0.39, 0.29) is 12.5 Å². The van der Waals surface area contributed by atoms with E-state index < -0.39 is 49.5 Å². The highest BCUT2D eigenvalue weighted by atomic mass is 16.7. The Bertz CT molecular complexity index is 1190. The third kappa shape index (κ3) is 37.6. The second-order valence-electron chi connectivity index (χ2n) is 19.7. The van der Waals surface area contributed by atoms with Crippen molar-refractivity contribution in [3.63, 3.8) is 0 Å². The molecule has 0 saturated carbocycles. The number of aliphatic hydroxyl groups excluding tert-OH is 5. The van der Waals surface area contributed by atoms with Crippen LogP contribution < -0.4 is 5.32 Å². The predicted octanol–water partition coefficient (Wildman–Crippen LogP) is 13.7. The SMILES string of the molecule is CC/C=C\C/C=C\C/C=C\C/C=C\CCCCCCCCCCCCCCCCC(=O)NC(COC1OC(CO)C(O)C(O)C1O)C(O)CCCCCCCCCCCCCCCCCCC. The van der Waals surface area contributed by atoms with Gasteiger partial charge in [0.2, 0.25) is 5.91 Å². The van der Waals surface area contributed by atoms with Crippen LogP contribution in [0.1, 0.15) is 258 Å². The van der Waals surface area contributed by atoms with Crippen molar-refractivity contribution in [1.29, 1.82) is 0 Å². The van der Waals surface area contributed by atoms with Gasteiger partial charge < -0.3 is 40.3 Å². The Morgan fingerprint density at radius 1 is 0.522 bits per heavy atom. The molecule has 1 aliphatic rings. The van der Waals surface area contributed by atoms with E-state index >= 15 is 0 Å². The van der Waals surface area contributed by atoms with Crippen LogP contribution in [0.25, 0.3) is 0 Å². The lowest BCUT2D eigenvalue weighted by molar-refractivity contribution is -0.302. The van der Waals surface area contributed by atoms with Crippen LogP contribution in [0, 0.1) is 0 Å². The average molecular weight is 946 g/mol. The summed E-state index contributed by atoms with van der Waals surface area (Å²) in [6.45, 7) is 3.75. The lowest BCUT2D eigenvalue weighted by atomic mass is 9.99. The summed E-state index contributed by atoms with van der Waals surface area (Å²) in [5, 5.41) is 54.6. The molecule has 0 radical (unpaired) electrons. The molecule has 1 saturated heterocycles.